The summed E-state index contributed by atoms with van der Waals surface area (Å²) in [4.78, 5) is 10.8. The molecule has 8 bridgehead atoms. The molecule has 9 rings (SSSR count). The molecule has 0 saturated heterocycles. The number of aromatic nitrogens is 4. The van der Waals surface area contributed by atoms with E-state index in [-0.39, 0.29) is 64.7 Å². The standard InChI is InChI=1S/C44H10F20N4.2ClH.Mn/c45-23-20(24(46)30(52)35(57)29(23)51)17-15-6-5-13(67-15)8-12-2-1-10(65-12)7-11-3-4-14(66-11)9-16-18(21-25(47)31(53)36(58)32(54)26(21)48)19(22-27(49)33(55)37(59)34(56)28(22)50)43(17)68(16)44-41(63)39(61)38(60)40(62)42(44)64;;;/h1-9,65H;2*1H;/q;;;+2/p-2. The maximum absolute atomic E-state index is 16.5. The zero-order valence-electron chi connectivity index (χ0n) is 33.2. The molecular weight excluding hydrogens is 1090 g/mol. The van der Waals surface area contributed by atoms with Crippen molar-refractivity contribution in [3.63, 3.8) is 0 Å². The Morgan fingerprint density at radius 3 is 1.04 bits per heavy atom. The summed E-state index contributed by atoms with van der Waals surface area (Å²) < 4.78 is 313. The zero-order chi connectivity index (χ0) is 49.3. The molecule has 2 aliphatic heterocycles. The van der Waals surface area contributed by atoms with Gasteiger partial charge < -0.3 is 34.4 Å². The minimum Gasteiger partial charge on any atom is -1.00 e. The Hall–Kier alpha value is -6.82. The molecule has 367 valence electrons. The van der Waals surface area contributed by atoms with E-state index in [2.05, 4.69) is 15.0 Å². The van der Waals surface area contributed by atoms with Crippen LogP contribution in [0, 0.1) is 116 Å². The fourth-order valence-electron chi connectivity index (χ4n) is 7.53. The van der Waals surface area contributed by atoms with Crippen molar-refractivity contribution in [3.8, 4) is 39.1 Å². The van der Waals surface area contributed by atoms with Crippen LogP contribution in [-0.4, -0.2) is 19.5 Å². The van der Waals surface area contributed by atoms with E-state index in [4.69, 9.17) is 0 Å². The van der Waals surface area contributed by atoms with Crippen molar-refractivity contribution in [3.05, 3.63) is 169 Å². The average molecular weight is 1100 g/mol. The Morgan fingerprint density at radius 1 is 0.324 bits per heavy atom. The number of nitrogens with one attached hydrogen (secondary N) is 1. The van der Waals surface area contributed by atoms with Crippen LogP contribution in [0.5, 0.6) is 0 Å². The molecule has 27 heteroatoms. The second-order valence-electron chi connectivity index (χ2n) is 14.3. The van der Waals surface area contributed by atoms with Crippen molar-refractivity contribution < 1.29 is 130 Å². The van der Waals surface area contributed by atoms with Gasteiger partial charge in [-0.2, -0.15) is 0 Å². The summed E-state index contributed by atoms with van der Waals surface area (Å²) in [7, 11) is 0. The largest absolute Gasteiger partial charge is 2.00 e. The molecule has 1 N–H and O–H groups in total. The Morgan fingerprint density at radius 2 is 0.634 bits per heavy atom. The monoisotopic (exact) mass is 1100 g/mol. The summed E-state index contributed by atoms with van der Waals surface area (Å²) in [5.74, 6) is -61.3. The first kappa shape index (κ1) is 53.5. The maximum Gasteiger partial charge on any atom is 2.00 e. The minimum atomic E-state index is -3.15. The fraction of sp³-hybridized carbons (Fsp3) is 0. The van der Waals surface area contributed by atoms with Crippen LogP contribution < -0.4 is 24.8 Å². The number of hydrogen-bond acceptors (Lipinski definition) is 2. The van der Waals surface area contributed by atoms with Crippen molar-refractivity contribution in [2.24, 2.45) is 0 Å². The number of H-pyrrole nitrogens is 1. The van der Waals surface area contributed by atoms with E-state index in [1.807, 2.05) is 0 Å². The van der Waals surface area contributed by atoms with Crippen molar-refractivity contribution in [1.29, 1.82) is 0 Å². The number of nitrogens with zero attached hydrogens (tertiary/aromatic N) is 3. The van der Waals surface area contributed by atoms with Crippen molar-refractivity contribution in [1.82, 2.24) is 19.5 Å². The van der Waals surface area contributed by atoms with E-state index in [0.29, 0.717) is 6.08 Å². The SMILES string of the molecule is Fc1c(F)c(F)c(-c2c(-c3c(F)c(F)c(F)c(F)c3F)c3c(-c4c(F)c(F)c(F)c(F)c4F)c4nc(cc5ccc(cc6nc(cc2n3-c2c(F)c(F)c(F)c(F)c2F)C=C6)[nH]5)C=C4)c(F)c1F.[Cl-].[Cl-].[Mn+2]. The van der Waals surface area contributed by atoms with Crippen molar-refractivity contribution in [2.45, 2.75) is 0 Å². The topological polar surface area (TPSA) is 46.5 Å². The van der Waals surface area contributed by atoms with Gasteiger partial charge in [-0.3, -0.25) is 0 Å². The van der Waals surface area contributed by atoms with Gasteiger partial charge in [-0.1, -0.05) is 0 Å². The molecule has 0 aliphatic carbocycles. The van der Waals surface area contributed by atoms with Crippen molar-refractivity contribution >= 4 is 46.4 Å². The van der Waals surface area contributed by atoms with Crippen LogP contribution in [0.4, 0.5) is 87.8 Å². The van der Waals surface area contributed by atoms with Gasteiger partial charge in [-0.05, 0) is 54.6 Å². The van der Waals surface area contributed by atoms with Gasteiger partial charge in [0.1, 0.15) is 5.69 Å². The van der Waals surface area contributed by atoms with Crippen LogP contribution in [0.1, 0.15) is 22.8 Å². The van der Waals surface area contributed by atoms with Gasteiger partial charge in [0.05, 0.1) is 50.5 Å². The predicted octanol–water partition coefficient (Wildman–Crippen LogP) is 7.91. The third-order valence-corrected chi connectivity index (χ3v) is 10.5. The van der Waals surface area contributed by atoms with Gasteiger partial charge in [-0.15, -0.1) is 0 Å². The number of hydrogen-bond donors (Lipinski definition) is 1. The first-order valence-electron chi connectivity index (χ1n) is 18.3. The first-order valence-corrected chi connectivity index (χ1v) is 18.3. The summed E-state index contributed by atoms with van der Waals surface area (Å²) in [6.45, 7) is 0. The quantitative estimate of drug-likeness (QED) is 0.0845. The van der Waals surface area contributed by atoms with Gasteiger partial charge >= 0.3 is 17.1 Å². The molecule has 0 atom stereocenters. The van der Waals surface area contributed by atoms with E-state index in [9.17, 15) is 17.6 Å². The van der Waals surface area contributed by atoms with Crippen LogP contribution in [0.15, 0.2) is 30.3 Å². The summed E-state index contributed by atoms with van der Waals surface area (Å²) in [5, 5.41) is 0. The molecule has 0 unspecified atom stereocenters. The smallest absolute Gasteiger partial charge is 1.00 e. The van der Waals surface area contributed by atoms with Gasteiger partial charge in [0.25, 0.3) is 0 Å². The third-order valence-electron chi connectivity index (χ3n) is 10.5. The Balaban J connectivity index is 0.00000275. The summed E-state index contributed by atoms with van der Waals surface area (Å²) >= 11 is 0. The second-order valence-corrected chi connectivity index (χ2v) is 14.3. The first-order chi connectivity index (χ1) is 32.1. The molecule has 0 saturated carbocycles. The number of fused-ring (bicyclic) bond motifs is 8. The normalized spacial score (nSPS) is 11.8. The fourth-order valence-corrected chi connectivity index (χ4v) is 7.53. The van der Waals surface area contributed by atoms with E-state index < -0.39 is 188 Å². The molecule has 5 heterocycles. The Bertz CT molecular complexity index is 3610. The van der Waals surface area contributed by atoms with Crippen LogP contribution in [0.25, 0.3) is 85.4 Å². The van der Waals surface area contributed by atoms with Crippen molar-refractivity contribution in [2.75, 3.05) is 0 Å². The molecule has 0 fully saturated rings. The predicted molar refractivity (Wildman–Crippen MR) is 199 cm³/mol. The van der Waals surface area contributed by atoms with Crippen LogP contribution >= 0.6 is 0 Å². The van der Waals surface area contributed by atoms with Crippen LogP contribution in [0.3, 0.4) is 0 Å². The summed E-state index contributed by atoms with van der Waals surface area (Å²) in [6.07, 6.45) is 3.17. The van der Waals surface area contributed by atoms with E-state index in [0.717, 1.165) is 24.3 Å². The Kier molecular flexibility index (Phi) is 14.4. The third kappa shape index (κ3) is 7.98. The number of halogens is 22. The van der Waals surface area contributed by atoms with Gasteiger partial charge in [0, 0.05) is 27.7 Å². The summed E-state index contributed by atoms with van der Waals surface area (Å²) in [5.41, 5.74) is -24.1. The number of benzene rings is 4. The molecule has 0 amide bonds. The Labute approximate surface area is 402 Å². The molecule has 7 aromatic rings. The second kappa shape index (κ2) is 19.1. The van der Waals surface area contributed by atoms with Gasteiger partial charge in [0.15, 0.2) is 93.1 Å². The molecule has 2 aliphatic rings. The van der Waals surface area contributed by atoms with E-state index in [1.54, 1.807) is 0 Å². The molecular formula is C44H10Cl2F20MnN4. The van der Waals surface area contributed by atoms with Crippen LogP contribution in [-0.2, 0) is 17.1 Å². The molecule has 0 spiro atoms. The molecule has 3 aromatic heterocycles. The van der Waals surface area contributed by atoms with E-state index in [1.165, 1.54) is 18.2 Å². The minimum absolute atomic E-state index is 0. The molecule has 1 radical (unpaired) electrons. The zero-order valence-corrected chi connectivity index (χ0v) is 35.9. The van der Waals surface area contributed by atoms with E-state index >= 15 is 70.2 Å². The molecule has 4 aromatic carbocycles. The van der Waals surface area contributed by atoms with Crippen LogP contribution in [0.2, 0.25) is 0 Å². The van der Waals surface area contributed by atoms with Gasteiger partial charge in [0.2, 0.25) is 23.3 Å². The number of rotatable bonds is 4. The van der Waals surface area contributed by atoms with Gasteiger partial charge in [-0.25, -0.2) is 97.8 Å². The molecule has 71 heavy (non-hydrogen) atoms. The maximum atomic E-state index is 16.5. The number of aromatic amines is 1. The molecule has 4 nitrogen and oxygen atoms in total. The summed E-state index contributed by atoms with van der Waals surface area (Å²) in [6, 6.07) is 5.15. The average Bonchev–Trinajstić information content (AvgIpc) is 4.14.